The third-order valence-corrected chi connectivity index (χ3v) is 5.49. The van der Waals surface area contributed by atoms with Gasteiger partial charge >= 0.3 is 11.9 Å². The molecule has 25 heavy (non-hydrogen) atoms. The summed E-state index contributed by atoms with van der Waals surface area (Å²) in [6, 6.07) is -0.961. The van der Waals surface area contributed by atoms with Crippen molar-refractivity contribution in [2.75, 3.05) is 19.6 Å². The minimum absolute atomic E-state index is 0.190. The molecule has 2 saturated heterocycles. The number of carbonyl (C=O) groups is 2. The van der Waals surface area contributed by atoms with Crippen molar-refractivity contribution in [3.8, 4) is 0 Å². The van der Waals surface area contributed by atoms with Gasteiger partial charge in [0.05, 0.1) is 14.7 Å². The number of hydrogen-bond donors (Lipinski definition) is 2. The number of aliphatic hydroxyl groups is 2. The molecule has 0 radical (unpaired) electrons. The number of hydrogen-bond acceptors (Lipinski definition) is 7. The second-order valence-corrected chi connectivity index (χ2v) is 7.56. The molecular weight excluding hydrogens is 326 g/mol. The van der Waals surface area contributed by atoms with Crippen molar-refractivity contribution in [1.29, 1.82) is 0 Å². The van der Waals surface area contributed by atoms with E-state index in [9.17, 15) is 19.8 Å². The summed E-state index contributed by atoms with van der Waals surface area (Å²) >= 11 is 0. The van der Waals surface area contributed by atoms with Gasteiger partial charge in [0.15, 0.2) is 5.60 Å². The molecule has 0 amide bonds. The van der Waals surface area contributed by atoms with Crippen LogP contribution in [0.5, 0.6) is 0 Å². The predicted octanol–water partition coefficient (Wildman–Crippen LogP) is 0.243. The average molecular weight is 357 g/mol. The highest BCUT2D eigenvalue weighted by atomic mass is 16.6. The van der Waals surface area contributed by atoms with Crippen LogP contribution in [-0.4, -0.2) is 70.0 Å². The maximum atomic E-state index is 13.0. The van der Waals surface area contributed by atoms with Crippen LogP contribution in [0.4, 0.5) is 0 Å². The number of esters is 2. The molecule has 7 heteroatoms. The number of nitrogens with zero attached hydrogens (tertiary/aromatic N) is 1. The molecule has 2 N–H and O–H groups in total. The molecule has 7 nitrogen and oxygen atoms in total. The Balaban J connectivity index is 2.17. The molecule has 0 spiro atoms. The molecule has 0 aromatic rings. The minimum atomic E-state index is -2.78. The molecule has 140 valence electrons. The maximum absolute atomic E-state index is 13.0. The van der Waals surface area contributed by atoms with E-state index in [1.165, 1.54) is 4.90 Å². The summed E-state index contributed by atoms with van der Waals surface area (Å²) in [5.41, 5.74) is -5.14. The molecule has 1 unspecified atom stereocenters. The van der Waals surface area contributed by atoms with Gasteiger partial charge in [-0.2, -0.15) is 0 Å². The van der Waals surface area contributed by atoms with Crippen molar-refractivity contribution in [3.63, 3.8) is 0 Å². The van der Waals surface area contributed by atoms with E-state index in [0.29, 0.717) is 0 Å². The Labute approximate surface area is 153 Å². The van der Waals surface area contributed by atoms with Crippen LogP contribution in [-0.2, 0) is 19.1 Å². The Morgan fingerprint density at radius 1 is 1.36 bits per heavy atom. The quantitative estimate of drug-likeness (QED) is 0.513. The summed E-state index contributed by atoms with van der Waals surface area (Å²) in [4.78, 5) is 27.1. The summed E-state index contributed by atoms with van der Waals surface area (Å²) in [5.74, 6) is -4.15. The van der Waals surface area contributed by atoms with Crippen molar-refractivity contribution in [1.82, 2.24) is 4.90 Å². The van der Waals surface area contributed by atoms with Gasteiger partial charge in [0.2, 0.25) is 0 Å². The van der Waals surface area contributed by atoms with Crippen molar-refractivity contribution in [3.05, 3.63) is 11.6 Å². The highest BCUT2D eigenvalue weighted by Gasteiger charge is 2.58. The first-order chi connectivity index (χ1) is 13.0. The molecule has 0 bridgehead atoms. The third kappa shape index (κ3) is 2.78. The summed E-state index contributed by atoms with van der Waals surface area (Å²) in [6.45, 7) is 0.740. The summed E-state index contributed by atoms with van der Waals surface area (Å²) in [5, 5.41) is 21.9. The lowest BCUT2D eigenvalue weighted by molar-refractivity contribution is -0.210. The first-order valence-electron chi connectivity index (χ1n) is 10.4. The molecule has 2 fully saturated rings. The monoisotopic (exact) mass is 357 g/mol. The highest BCUT2D eigenvalue weighted by Crippen LogP contribution is 2.39. The second kappa shape index (κ2) is 6.07. The summed E-state index contributed by atoms with van der Waals surface area (Å²) in [7, 11) is 0. The van der Waals surface area contributed by atoms with Gasteiger partial charge in [0, 0.05) is 15.8 Å². The Morgan fingerprint density at radius 2 is 2.04 bits per heavy atom. The standard InChI is InChI=1S/C18H27NO6/c1-10(2)13-15(20)25-12-6-8-19-7-5-11(14(12)19)9-24-16(21)18(4,23)17(13,3)22/h5,10,12-14,22-23H,6-9H2,1-4H3/t12?,13-,14+,17+,18-/m0/s1/i7D2,9D2. The van der Waals surface area contributed by atoms with Gasteiger partial charge < -0.3 is 19.7 Å². The van der Waals surface area contributed by atoms with E-state index < -0.39 is 60.2 Å². The van der Waals surface area contributed by atoms with Crippen LogP contribution in [0.1, 0.15) is 39.6 Å². The van der Waals surface area contributed by atoms with Gasteiger partial charge in [-0.05, 0) is 31.8 Å². The molecule has 0 saturated carbocycles. The second-order valence-electron chi connectivity index (χ2n) is 7.56. The van der Waals surface area contributed by atoms with Gasteiger partial charge in [-0.15, -0.1) is 0 Å². The highest BCUT2D eigenvalue weighted by molar-refractivity contribution is 5.84. The Hall–Kier alpha value is -1.44. The van der Waals surface area contributed by atoms with Gasteiger partial charge in [-0.1, -0.05) is 19.9 Å². The predicted molar refractivity (Wildman–Crippen MR) is 88.5 cm³/mol. The van der Waals surface area contributed by atoms with Gasteiger partial charge in [0.25, 0.3) is 0 Å². The molecule has 0 aromatic carbocycles. The van der Waals surface area contributed by atoms with Crippen molar-refractivity contribution < 1.29 is 34.8 Å². The van der Waals surface area contributed by atoms with Crippen LogP contribution >= 0.6 is 0 Å². The van der Waals surface area contributed by atoms with Gasteiger partial charge in [-0.3, -0.25) is 9.69 Å². The van der Waals surface area contributed by atoms with E-state index in [1.807, 2.05) is 0 Å². The molecule has 3 heterocycles. The Kier molecular flexibility index (Phi) is 3.33. The van der Waals surface area contributed by atoms with Crippen molar-refractivity contribution >= 4 is 11.9 Å². The van der Waals surface area contributed by atoms with E-state index in [-0.39, 0.29) is 18.5 Å². The average Bonchev–Trinajstić information content (AvgIpc) is 3.05. The molecule has 5 atom stereocenters. The first kappa shape index (κ1) is 13.7. The van der Waals surface area contributed by atoms with Gasteiger partial charge in [0.1, 0.15) is 18.3 Å². The molecule has 3 aliphatic heterocycles. The minimum Gasteiger partial charge on any atom is -0.460 e. The Bertz CT molecular complexity index is 763. The van der Waals surface area contributed by atoms with Crippen LogP contribution in [0.25, 0.3) is 0 Å². The number of rotatable bonds is 1. The van der Waals surface area contributed by atoms with Crippen LogP contribution in [0.3, 0.4) is 0 Å². The van der Waals surface area contributed by atoms with Crippen molar-refractivity contribution in [2.45, 2.75) is 57.5 Å². The largest absolute Gasteiger partial charge is 0.460 e. The van der Waals surface area contributed by atoms with Gasteiger partial charge in [-0.25, -0.2) is 4.79 Å². The topological polar surface area (TPSA) is 96.3 Å². The SMILES string of the molecule is [2H]C1([2H])OC(=O)[C@](C)(O)[C@](C)(O)[C@@H](C(C)C)C(=O)OC2CCN3[C@@H]2C1=CC3([2H])[2H]. The van der Waals surface area contributed by atoms with Crippen LogP contribution in [0.2, 0.25) is 0 Å². The molecule has 0 aliphatic carbocycles. The zero-order valence-electron chi connectivity index (χ0n) is 18.8. The lowest BCUT2D eigenvalue weighted by Crippen LogP contribution is -2.63. The van der Waals surface area contributed by atoms with Crippen LogP contribution < -0.4 is 0 Å². The molecule has 3 rings (SSSR count). The maximum Gasteiger partial charge on any atom is 0.341 e. The van der Waals surface area contributed by atoms with E-state index in [0.717, 1.165) is 19.9 Å². The summed E-state index contributed by atoms with van der Waals surface area (Å²) < 4.78 is 43.5. The lowest BCUT2D eigenvalue weighted by Gasteiger charge is -2.42. The smallest absolute Gasteiger partial charge is 0.341 e. The first-order valence-corrected chi connectivity index (χ1v) is 8.42. The lowest BCUT2D eigenvalue weighted by atomic mass is 9.71. The van der Waals surface area contributed by atoms with Crippen LogP contribution in [0.15, 0.2) is 11.6 Å². The van der Waals surface area contributed by atoms with Crippen LogP contribution in [0, 0.1) is 11.8 Å². The number of cyclic esters (lactones) is 1. The van der Waals surface area contributed by atoms with E-state index in [4.69, 9.17) is 15.0 Å². The Morgan fingerprint density at radius 3 is 2.68 bits per heavy atom. The molecule has 0 aromatic heterocycles. The summed E-state index contributed by atoms with van der Waals surface area (Å²) in [6.07, 6.45) is 0.385. The number of ether oxygens (including phenoxy) is 2. The van der Waals surface area contributed by atoms with E-state index >= 15 is 0 Å². The zero-order valence-corrected chi connectivity index (χ0v) is 14.8. The zero-order chi connectivity index (χ0) is 22.2. The van der Waals surface area contributed by atoms with E-state index in [2.05, 4.69) is 0 Å². The molecular formula is C18H27NO6. The van der Waals surface area contributed by atoms with Crippen molar-refractivity contribution in [2.24, 2.45) is 11.8 Å². The fourth-order valence-electron chi connectivity index (χ4n) is 3.82. The normalized spacial score (nSPS) is 48.9. The number of carbonyl (C=O) groups excluding carboxylic acids is 2. The fraction of sp³-hybridized carbons (Fsp3) is 0.778. The molecule has 3 aliphatic rings. The third-order valence-electron chi connectivity index (χ3n) is 5.49. The fourth-order valence-corrected chi connectivity index (χ4v) is 3.82. The van der Waals surface area contributed by atoms with E-state index in [1.54, 1.807) is 13.8 Å².